The smallest absolute Gasteiger partial charge is 0.329 e. The molecular formula is C12H20N6O2. The lowest BCUT2D eigenvalue weighted by molar-refractivity contribution is -0.384. The number of anilines is 2. The number of nitrogens with one attached hydrogen (secondary N) is 2. The lowest BCUT2D eigenvalue weighted by Gasteiger charge is -2.31. The Morgan fingerprint density at radius 1 is 1.50 bits per heavy atom. The van der Waals surface area contributed by atoms with Gasteiger partial charge in [-0.1, -0.05) is 26.2 Å². The van der Waals surface area contributed by atoms with Crippen LogP contribution < -0.4 is 16.6 Å². The van der Waals surface area contributed by atoms with E-state index in [1.165, 1.54) is 12.6 Å². The Bertz CT molecular complexity index is 481. The topological polar surface area (TPSA) is 119 Å². The van der Waals surface area contributed by atoms with Crippen LogP contribution in [-0.2, 0) is 0 Å². The van der Waals surface area contributed by atoms with E-state index in [1.54, 1.807) is 0 Å². The van der Waals surface area contributed by atoms with Crippen LogP contribution in [0, 0.1) is 16.0 Å². The molecule has 1 saturated carbocycles. The Balaban J connectivity index is 2.23. The van der Waals surface area contributed by atoms with E-state index in [4.69, 9.17) is 5.84 Å². The van der Waals surface area contributed by atoms with Gasteiger partial charge in [0.05, 0.1) is 4.92 Å². The molecule has 20 heavy (non-hydrogen) atoms. The van der Waals surface area contributed by atoms with Crippen molar-refractivity contribution in [2.45, 2.75) is 45.1 Å². The largest absolute Gasteiger partial charge is 0.361 e. The zero-order chi connectivity index (χ0) is 14.5. The van der Waals surface area contributed by atoms with Gasteiger partial charge in [0, 0.05) is 6.04 Å². The summed E-state index contributed by atoms with van der Waals surface area (Å²) in [7, 11) is 0. The molecule has 0 radical (unpaired) electrons. The first kappa shape index (κ1) is 14.4. The van der Waals surface area contributed by atoms with Crippen molar-refractivity contribution in [3.05, 3.63) is 16.3 Å². The summed E-state index contributed by atoms with van der Waals surface area (Å²) in [5.74, 6) is 6.19. The van der Waals surface area contributed by atoms with Gasteiger partial charge in [-0.3, -0.25) is 15.5 Å². The fourth-order valence-corrected chi connectivity index (χ4v) is 2.75. The number of nitro groups is 1. The minimum Gasteiger partial charge on any atom is -0.361 e. The zero-order valence-corrected chi connectivity index (χ0v) is 11.5. The van der Waals surface area contributed by atoms with Crippen LogP contribution in [0.5, 0.6) is 0 Å². The van der Waals surface area contributed by atoms with Crippen LogP contribution in [0.2, 0.25) is 0 Å². The van der Waals surface area contributed by atoms with Crippen LogP contribution in [0.3, 0.4) is 0 Å². The molecule has 8 nitrogen and oxygen atoms in total. The molecule has 1 aromatic heterocycles. The van der Waals surface area contributed by atoms with E-state index in [2.05, 4.69) is 27.6 Å². The zero-order valence-electron chi connectivity index (χ0n) is 11.5. The molecule has 1 heterocycles. The molecule has 2 atom stereocenters. The lowest BCUT2D eigenvalue weighted by atomic mass is 9.83. The predicted octanol–water partition coefficient (Wildman–Crippen LogP) is 2.05. The molecule has 0 amide bonds. The molecule has 0 aromatic carbocycles. The van der Waals surface area contributed by atoms with Gasteiger partial charge in [-0.25, -0.2) is 10.8 Å². The number of rotatable bonds is 5. The molecule has 2 rings (SSSR count). The summed E-state index contributed by atoms with van der Waals surface area (Å²) < 4.78 is 0. The minimum atomic E-state index is -0.480. The summed E-state index contributed by atoms with van der Waals surface area (Å²) in [6, 6.07) is 0.216. The van der Waals surface area contributed by atoms with Crippen LogP contribution in [-0.4, -0.2) is 20.9 Å². The summed E-state index contributed by atoms with van der Waals surface area (Å²) in [6.45, 7) is 2.14. The number of hydrogen-bond donors (Lipinski definition) is 3. The first-order chi connectivity index (χ1) is 9.65. The molecule has 2 unspecified atom stereocenters. The summed E-state index contributed by atoms with van der Waals surface area (Å²) in [6.07, 6.45) is 6.74. The normalized spacial score (nSPS) is 22.3. The second-order valence-corrected chi connectivity index (χ2v) is 5.03. The third kappa shape index (κ3) is 3.13. The van der Waals surface area contributed by atoms with Crippen molar-refractivity contribution in [3.8, 4) is 0 Å². The molecular weight excluding hydrogens is 260 g/mol. The molecule has 4 N–H and O–H groups in total. The summed E-state index contributed by atoms with van der Waals surface area (Å²) in [5, 5.41) is 14.3. The Kier molecular flexibility index (Phi) is 4.67. The third-order valence-corrected chi connectivity index (χ3v) is 3.85. The molecule has 1 fully saturated rings. The van der Waals surface area contributed by atoms with Crippen molar-refractivity contribution in [2.75, 3.05) is 10.7 Å². The predicted molar refractivity (Wildman–Crippen MR) is 76.2 cm³/mol. The molecule has 8 heteroatoms. The highest BCUT2D eigenvalue weighted by Crippen LogP contribution is 2.31. The maximum absolute atomic E-state index is 11.0. The second-order valence-electron chi connectivity index (χ2n) is 5.03. The fraction of sp³-hybridized carbons (Fsp3) is 0.667. The number of nitrogen functional groups attached to an aromatic ring is 1. The van der Waals surface area contributed by atoms with Gasteiger partial charge in [0.2, 0.25) is 11.8 Å². The van der Waals surface area contributed by atoms with Crippen molar-refractivity contribution in [1.82, 2.24) is 9.97 Å². The first-order valence-electron chi connectivity index (χ1n) is 6.90. The highest BCUT2D eigenvalue weighted by atomic mass is 16.6. The van der Waals surface area contributed by atoms with Crippen LogP contribution >= 0.6 is 0 Å². The standard InChI is InChI=1S/C12H20N6O2/c1-2-8-5-3-4-6-9(8)15-11-10(18(19)20)7-14-12(16-11)17-13/h7-9H,2-6,13H2,1H3,(H2,14,15,16,17). The van der Waals surface area contributed by atoms with Gasteiger partial charge in [-0.05, 0) is 18.8 Å². The Labute approximate surface area is 117 Å². The fourth-order valence-electron chi connectivity index (χ4n) is 2.75. The van der Waals surface area contributed by atoms with Gasteiger partial charge in [0.1, 0.15) is 6.20 Å². The van der Waals surface area contributed by atoms with Gasteiger partial charge in [0.25, 0.3) is 0 Å². The number of hydrogen-bond acceptors (Lipinski definition) is 7. The number of hydrazine groups is 1. The summed E-state index contributed by atoms with van der Waals surface area (Å²) in [5.41, 5.74) is 2.19. The van der Waals surface area contributed by atoms with Gasteiger partial charge in [-0.15, -0.1) is 0 Å². The summed E-state index contributed by atoms with van der Waals surface area (Å²) in [4.78, 5) is 18.4. The van der Waals surface area contributed by atoms with Crippen LogP contribution in [0.25, 0.3) is 0 Å². The summed E-state index contributed by atoms with van der Waals surface area (Å²) >= 11 is 0. The molecule has 0 spiro atoms. The van der Waals surface area contributed by atoms with E-state index in [1.807, 2.05) is 0 Å². The molecule has 1 aliphatic carbocycles. The SMILES string of the molecule is CCC1CCCCC1Nc1nc(NN)ncc1[N+](=O)[O-]. The van der Waals surface area contributed by atoms with Crippen LogP contribution in [0.15, 0.2) is 6.20 Å². The Morgan fingerprint density at radius 2 is 2.25 bits per heavy atom. The maximum Gasteiger partial charge on any atom is 0.329 e. The van der Waals surface area contributed by atoms with Crippen molar-refractivity contribution in [1.29, 1.82) is 0 Å². The van der Waals surface area contributed by atoms with E-state index in [0.717, 1.165) is 25.7 Å². The van der Waals surface area contributed by atoms with Crippen LogP contribution in [0.4, 0.5) is 17.5 Å². The van der Waals surface area contributed by atoms with Crippen molar-refractivity contribution in [2.24, 2.45) is 11.8 Å². The lowest BCUT2D eigenvalue weighted by Crippen LogP contribution is -2.32. The average molecular weight is 280 g/mol. The van der Waals surface area contributed by atoms with Crippen molar-refractivity contribution in [3.63, 3.8) is 0 Å². The number of nitrogens with two attached hydrogens (primary N) is 1. The molecule has 1 aliphatic rings. The molecule has 1 aromatic rings. The quantitative estimate of drug-likeness (QED) is 0.429. The highest BCUT2D eigenvalue weighted by Gasteiger charge is 2.27. The maximum atomic E-state index is 11.0. The van der Waals surface area contributed by atoms with Gasteiger partial charge < -0.3 is 5.32 Å². The van der Waals surface area contributed by atoms with E-state index in [9.17, 15) is 10.1 Å². The van der Waals surface area contributed by atoms with Crippen LogP contribution in [0.1, 0.15) is 39.0 Å². The monoisotopic (exact) mass is 280 g/mol. The average Bonchev–Trinajstić information content (AvgIpc) is 2.47. The third-order valence-electron chi connectivity index (χ3n) is 3.85. The van der Waals surface area contributed by atoms with Crippen molar-refractivity contribution < 1.29 is 4.92 Å². The molecule has 0 bridgehead atoms. The number of aromatic nitrogens is 2. The van der Waals surface area contributed by atoms with Crippen molar-refractivity contribution >= 4 is 17.5 Å². The number of nitrogens with zero attached hydrogens (tertiary/aromatic N) is 3. The van der Waals surface area contributed by atoms with E-state index in [0.29, 0.717) is 5.92 Å². The van der Waals surface area contributed by atoms with E-state index >= 15 is 0 Å². The minimum absolute atomic E-state index is 0.121. The van der Waals surface area contributed by atoms with Gasteiger partial charge in [0.15, 0.2) is 0 Å². The molecule has 0 saturated heterocycles. The highest BCUT2D eigenvalue weighted by molar-refractivity contribution is 5.57. The Hall–Kier alpha value is -1.96. The Morgan fingerprint density at radius 3 is 2.90 bits per heavy atom. The first-order valence-corrected chi connectivity index (χ1v) is 6.90. The second kappa shape index (κ2) is 6.47. The van der Waals surface area contributed by atoms with E-state index in [-0.39, 0.29) is 23.5 Å². The van der Waals surface area contributed by atoms with Gasteiger partial charge in [-0.2, -0.15) is 4.98 Å². The van der Waals surface area contributed by atoms with Gasteiger partial charge >= 0.3 is 5.69 Å². The molecule has 110 valence electrons. The molecule has 0 aliphatic heterocycles. The van der Waals surface area contributed by atoms with E-state index < -0.39 is 4.92 Å².